The fourth-order valence-corrected chi connectivity index (χ4v) is 6.36. The molecule has 2 saturated heterocycles. The zero-order valence-corrected chi connectivity index (χ0v) is 24.7. The summed E-state index contributed by atoms with van der Waals surface area (Å²) >= 11 is 0. The van der Waals surface area contributed by atoms with Crippen molar-refractivity contribution in [3.8, 4) is 0 Å². The lowest BCUT2D eigenvalue weighted by molar-refractivity contribution is -0.203. The number of carbonyl (C=O) groups is 3. The van der Waals surface area contributed by atoms with E-state index in [9.17, 15) is 14.4 Å². The van der Waals surface area contributed by atoms with Gasteiger partial charge >= 0.3 is 12.1 Å². The highest BCUT2D eigenvalue weighted by Crippen LogP contribution is 2.55. The Hall–Kier alpha value is -4.39. The second kappa shape index (κ2) is 11.1. The van der Waals surface area contributed by atoms with Crippen LogP contribution >= 0.6 is 0 Å². The summed E-state index contributed by atoms with van der Waals surface area (Å²) in [7, 11) is 0. The number of benzene rings is 3. The Morgan fingerprint density at radius 1 is 0.952 bits per heavy atom. The van der Waals surface area contributed by atoms with Crippen LogP contribution in [-0.4, -0.2) is 51.1 Å². The van der Waals surface area contributed by atoms with Gasteiger partial charge < -0.3 is 14.4 Å². The zero-order valence-electron chi connectivity index (χ0n) is 24.7. The number of esters is 1. The molecule has 2 fully saturated rings. The third-order valence-electron chi connectivity index (χ3n) is 8.18. The Morgan fingerprint density at radius 2 is 1.50 bits per heavy atom. The van der Waals surface area contributed by atoms with Gasteiger partial charge in [0.2, 0.25) is 0 Å². The minimum atomic E-state index is -1.42. The number of hydrogen-bond donors (Lipinski definition) is 0. The molecule has 0 N–H and O–H groups in total. The molecule has 2 amide bonds. The molecular weight excluding hydrogens is 528 g/mol. The smallest absolute Gasteiger partial charge is 0.411 e. The Kier molecular flexibility index (Phi) is 7.71. The second-order valence-electron chi connectivity index (χ2n) is 12.2. The van der Waals surface area contributed by atoms with Gasteiger partial charge in [-0.25, -0.2) is 9.59 Å². The molecule has 2 heterocycles. The molecule has 2 aliphatic rings. The van der Waals surface area contributed by atoms with E-state index in [1.54, 1.807) is 22.8 Å². The van der Waals surface area contributed by atoms with Crippen molar-refractivity contribution in [2.24, 2.45) is 0 Å². The molecule has 0 aliphatic carbocycles. The minimum Gasteiger partial charge on any atom is -0.458 e. The van der Waals surface area contributed by atoms with Crippen LogP contribution in [0.3, 0.4) is 0 Å². The highest BCUT2D eigenvalue weighted by Gasteiger charge is 2.71. The molecule has 5 rings (SSSR count). The molecule has 0 radical (unpaired) electrons. The molecule has 0 saturated carbocycles. The first-order valence-electron chi connectivity index (χ1n) is 14.3. The number of hydrogen-bond acceptors (Lipinski definition) is 5. The van der Waals surface area contributed by atoms with E-state index in [0.29, 0.717) is 0 Å². The van der Waals surface area contributed by atoms with E-state index in [2.05, 4.69) is 6.58 Å². The fourth-order valence-electron chi connectivity index (χ4n) is 6.36. The molecule has 0 spiro atoms. The number of cyclic esters (lactones) is 1. The van der Waals surface area contributed by atoms with E-state index in [4.69, 9.17) is 9.47 Å². The van der Waals surface area contributed by atoms with E-state index in [0.717, 1.165) is 16.7 Å². The summed E-state index contributed by atoms with van der Waals surface area (Å²) in [6, 6.07) is 27.6. The van der Waals surface area contributed by atoms with Gasteiger partial charge in [0.15, 0.2) is 0 Å². The number of amides is 2. The minimum absolute atomic E-state index is 0.126. The monoisotopic (exact) mass is 566 g/mol. The van der Waals surface area contributed by atoms with Crippen LogP contribution in [0.5, 0.6) is 0 Å². The summed E-state index contributed by atoms with van der Waals surface area (Å²) in [5.41, 5.74) is -0.995. The Labute approximate surface area is 247 Å². The van der Waals surface area contributed by atoms with Crippen molar-refractivity contribution in [2.75, 3.05) is 6.61 Å². The average molecular weight is 567 g/mol. The number of likely N-dealkylation sites (tertiary alicyclic amines) is 1. The maximum Gasteiger partial charge on any atom is 0.411 e. The lowest BCUT2D eigenvalue weighted by Gasteiger charge is -2.63. The first-order chi connectivity index (χ1) is 20.0. The predicted octanol–water partition coefficient (Wildman–Crippen LogP) is 6.42. The first-order valence-corrected chi connectivity index (χ1v) is 14.3. The second-order valence-corrected chi connectivity index (χ2v) is 12.2. The van der Waals surface area contributed by atoms with Crippen molar-refractivity contribution in [3.05, 3.63) is 120 Å². The van der Waals surface area contributed by atoms with Gasteiger partial charge in [-0.2, -0.15) is 0 Å². The Morgan fingerprint density at radius 3 is 2.05 bits per heavy atom. The molecule has 3 aromatic carbocycles. The Balaban J connectivity index is 1.69. The molecule has 0 bridgehead atoms. The molecule has 42 heavy (non-hydrogen) atoms. The summed E-state index contributed by atoms with van der Waals surface area (Å²) in [6.45, 7) is 11.3. The average Bonchev–Trinajstić information content (AvgIpc) is 3.37. The maximum atomic E-state index is 14.8. The van der Waals surface area contributed by atoms with Gasteiger partial charge in [0, 0.05) is 6.42 Å². The number of ether oxygens (including phenoxy) is 2. The van der Waals surface area contributed by atoms with Gasteiger partial charge in [-0.3, -0.25) is 9.69 Å². The van der Waals surface area contributed by atoms with Gasteiger partial charge in [-0.1, -0.05) is 97.1 Å². The topological polar surface area (TPSA) is 76.2 Å². The van der Waals surface area contributed by atoms with Crippen LogP contribution in [0.25, 0.3) is 0 Å². The van der Waals surface area contributed by atoms with Crippen LogP contribution in [0.1, 0.15) is 62.9 Å². The lowest BCUT2D eigenvalue weighted by atomic mass is 9.68. The van der Waals surface area contributed by atoms with Crippen molar-refractivity contribution in [3.63, 3.8) is 0 Å². The van der Waals surface area contributed by atoms with Crippen molar-refractivity contribution in [1.29, 1.82) is 0 Å². The van der Waals surface area contributed by atoms with Crippen LogP contribution in [0, 0.1) is 0 Å². The van der Waals surface area contributed by atoms with Crippen LogP contribution in [0.2, 0.25) is 0 Å². The highest BCUT2D eigenvalue weighted by atomic mass is 16.6. The van der Waals surface area contributed by atoms with Crippen molar-refractivity contribution in [2.45, 2.75) is 69.3 Å². The van der Waals surface area contributed by atoms with E-state index in [1.165, 1.54) is 0 Å². The standard InChI is InChI=1S/C35H38N2O5/c1-6-22-35(31(39)42-33(2,3)4,23-25-16-10-7-11-17-25)37-29(27-20-14-9-15-21-27)34(5,30(37)38)36-28(24-41-32(36)40)26-18-12-8-13-19-26/h6-21,28-29H,1,22-24H2,2-5H3/t28-,29-,34-,35+/m1/s1. The quantitative estimate of drug-likeness (QED) is 0.170. The lowest BCUT2D eigenvalue weighted by Crippen LogP contribution is -2.80. The van der Waals surface area contributed by atoms with Gasteiger partial charge in [0.05, 0.1) is 12.1 Å². The molecular formula is C35H38N2O5. The summed E-state index contributed by atoms with van der Waals surface area (Å²) in [4.78, 5) is 45.8. The summed E-state index contributed by atoms with van der Waals surface area (Å²) in [5, 5.41) is 0. The van der Waals surface area contributed by atoms with Crippen molar-refractivity contribution >= 4 is 18.0 Å². The van der Waals surface area contributed by atoms with E-state index >= 15 is 0 Å². The molecule has 3 aromatic rings. The largest absolute Gasteiger partial charge is 0.458 e. The molecule has 0 aromatic heterocycles. The molecule has 218 valence electrons. The fraction of sp³-hybridized carbons (Fsp3) is 0.343. The van der Waals surface area contributed by atoms with E-state index < -0.39 is 40.8 Å². The van der Waals surface area contributed by atoms with Crippen molar-refractivity contribution in [1.82, 2.24) is 9.80 Å². The molecule has 2 aliphatic heterocycles. The third-order valence-corrected chi connectivity index (χ3v) is 8.18. The highest BCUT2D eigenvalue weighted by molar-refractivity contribution is 6.01. The van der Waals surface area contributed by atoms with Gasteiger partial charge in [0.1, 0.15) is 23.3 Å². The molecule has 7 nitrogen and oxygen atoms in total. The molecule has 7 heteroatoms. The normalized spacial score (nSPS) is 23.5. The summed E-state index contributed by atoms with van der Waals surface area (Å²) in [5.74, 6) is -0.863. The SMILES string of the molecule is C=CC[C@](Cc1ccccc1)(C(=O)OC(C)(C)C)N1C(=O)[C@](C)(N2C(=O)OC[C@@H]2c2ccccc2)[C@H]1c1ccccc1. The number of carbonyl (C=O) groups excluding carboxylic acids is 3. The summed E-state index contributed by atoms with van der Waals surface area (Å²) < 4.78 is 11.6. The zero-order chi connectivity index (χ0) is 30.1. The predicted molar refractivity (Wildman–Crippen MR) is 160 cm³/mol. The number of nitrogens with zero attached hydrogens (tertiary/aromatic N) is 2. The third kappa shape index (κ3) is 4.97. The van der Waals surface area contributed by atoms with E-state index in [-0.39, 0.29) is 25.4 Å². The van der Waals surface area contributed by atoms with Crippen LogP contribution in [-0.2, 0) is 25.5 Å². The maximum absolute atomic E-state index is 14.8. The van der Waals surface area contributed by atoms with Gasteiger partial charge in [0.25, 0.3) is 5.91 Å². The van der Waals surface area contributed by atoms with Gasteiger partial charge in [-0.05, 0) is 50.8 Å². The number of rotatable bonds is 9. The molecule has 4 atom stereocenters. The van der Waals surface area contributed by atoms with Crippen LogP contribution < -0.4 is 0 Å². The van der Waals surface area contributed by atoms with E-state index in [1.807, 2.05) is 112 Å². The number of β-lactam (4-membered cyclic amide) rings is 1. The summed E-state index contributed by atoms with van der Waals surface area (Å²) in [6.07, 6.45) is 1.48. The van der Waals surface area contributed by atoms with Crippen LogP contribution in [0.15, 0.2) is 104 Å². The van der Waals surface area contributed by atoms with Gasteiger partial charge in [-0.15, -0.1) is 6.58 Å². The first kappa shape index (κ1) is 29.1. The van der Waals surface area contributed by atoms with Crippen LogP contribution in [0.4, 0.5) is 4.79 Å². The Bertz CT molecular complexity index is 1450. The molecule has 0 unspecified atom stereocenters. The van der Waals surface area contributed by atoms with Crippen molar-refractivity contribution < 1.29 is 23.9 Å².